The van der Waals surface area contributed by atoms with E-state index in [-0.39, 0.29) is 23.3 Å². The summed E-state index contributed by atoms with van der Waals surface area (Å²) >= 11 is 0. The standard InChI is InChI=1S/C17H24N2O5/c1-3-11-24-13-5-4-9-18(10-8-13)17(20)15-12-14(23-2)6-7-16(15)19(21)22/h6-7,12-13H,3-5,8-11H2,1-2H3/t13-/m0/s1. The maximum Gasteiger partial charge on any atom is 0.282 e. The Morgan fingerprint density at radius 3 is 2.83 bits per heavy atom. The molecular weight excluding hydrogens is 312 g/mol. The molecule has 2 rings (SSSR count). The van der Waals surface area contributed by atoms with Crippen LogP contribution in [-0.2, 0) is 4.74 Å². The highest BCUT2D eigenvalue weighted by molar-refractivity contribution is 5.98. The Labute approximate surface area is 141 Å². The summed E-state index contributed by atoms with van der Waals surface area (Å²) in [5.74, 6) is 0.111. The largest absolute Gasteiger partial charge is 0.497 e. The molecule has 1 aromatic rings. The highest BCUT2D eigenvalue weighted by Crippen LogP contribution is 2.26. The van der Waals surface area contributed by atoms with E-state index >= 15 is 0 Å². The lowest BCUT2D eigenvalue weighted by Crippen LogP contribution is -2.32. The molecule has 0 radical (unpaired) electrons. The van der Waals surface area contributed by atoms with Crippen molar-refractivity contribution < 1.29 is 19.2 Å². The van der Waals surface area contributed by atoms with Crippen LogP contribution in [0.5, 0.6) is 5.75 Å². The van der Waals surface area contributed by atoms with Crippen LogP contribution in [-0.4, -0.2) is 48.6 Å². The van der Waals surface area contributed by atoms with Crippen LogP contribution in [0.25, 0.3) is 0 Å². The van der Waals surface area contributed by atoms with Crippen LogP contribution < -0.4 is 4.74 Å². The van der Waals surface area contributed by atoms with Crippen LogP contribution in [0.15, 0.2) is 18.2 Å². The van der Waals surface area contributed by atoms with Gasteiger partial charge in [0.15, 0.2) is 0 Å². The summed E-state index contributed by atoms with van der Waals surface area (Å²) in [6.45, 7) is 3.91. The molecular formula is C17H24N2O5. The molecule has 24 heavy (non-hydrogen) atoms. The van der Waals surface area contributed by atoms with Crippen molar-refractivity contribution in [3.63, 3.8) is 0 Å². The van der Waals surface area contributed by atoms with Crippen LogP contribution in [0, 0.1) is 10.1 Å². The number of carbonyl (C=O) groups is 1. The lowest BCUT2D eigenvalue weighted by Gasteiger charge is -2.21. The predicted molar refractivity (Wildman–Crippen MR) is 89.4 cm³/mol. The van der Waals surface area contributed by atoms with Gasteiger partial charge in [0.25, 0.3) is 11.6 Å². The van der Waals surface area contributed by atoms with Gasteiger partial charge in [-0.05, 0) is 37.8 Å². The maximum absolute atomic E-state index is 12.8. The van der Waals surface area contributed by atoms with Gasteiger partial charge >= 0.3 is 0 Å². The quantitative estimate of drug-likeness (QED) is 0.589. The van der Waals surface area contributed by atoms with Crippen molar-refractivity contribution in [2.75, 3.05) is 26.8 Å². The molecule has 1 saturated heterocycles. The van der Waals surface area contributed by atoms with Crippen molar-refractivity contribution in [2.24, 2.45) is 0 Å². The van der Waals surface area contributed by atoms with Crippen LogP contribution in [0.3, 0.4) is 0 Å². The highest BCUT2D eigenvalue weighted by atomic mass is 16.6. The molecule has 1 aliphatic rings. The van der Waals surface area contributed by atoms with Gasteiger partial charge in [-0.2, -0.15) is 0 Å². The number of benzene rings is 1. The molecule has 1 aromatic carbocycles. The van der Waals surface area contributed by atoms with Crippen molar-refractivity contribution >= 4 is 11.6 Å². The number of nitrogens with zero attached hydrogens (tertiary/aromatic N) is 2. The highest BCUT2D eigenvalue weighted by Gasteiger charge is 2.27. The Bertz CT molecular complexity index is 590. The second kappa shape index (κ2) is 8.63. The summed E-state index contributed by atoms with van der Waals surface area (Å²) in [6, 6.07) is 4.25. The molecule has 1 heterocycles. The molecule has 7 nitrogen and oxygen atoms in total. The van der Waals surface area contributed by atoms with Gasteiger partial charge in [0.05, 0.1) is 18.1 Å². The topological polar surface area (TPSA) is 81.9 Å². The maximum atomic E-state index is 12.8. The number of hydrogen-bond donors (Lipinski definition) is 0. The number of carbonyl (C=O) groups excluding carboxylic acids is 1. The number of likely N-dealkylation sites (tertiary alicyclic amines) is 1. The first-order valence-corrected chi connectivity index (χ1v) is 8.30. The lowest BCUT2D eigenvalue weighted by molar-refractivity contribution is -0.385. The van der Waals surface area contributed by atoms with E-state index in [0.717, 1.165) is 32.3 Å². The van der Waals surface area contributed by atoms with Gasteiger partial charge in [-0.3, -0.25) is 14.9 Å². The van der Waals surface area contributed by atoms with E-state index in [0.29, 0.717) is 18.8 Å². The number of rotatable bonds is 6. The zero-order valence-corrected chi connectivity index (χ0v) is 14.2. The summed E-state index contributed by atoms with van der Waals surface area (Å²) in [7, 11) is 1.47. The van der Waals surface area contributed by atoms with E-state index in [9.17, 15) is 14.9 Å². The zero-order valence-electron chi connectivity index (χ0n) is 14.2. The first kappa shape index (κ1) is 18.2. The van der Waals surface area contributed by atoms with Gasteiger partial charge in [0, 0.05) is 25.8 Å². The number of amides is 1. The predicted octanol–water partition coefficient (Wildman–Crippen LogP) is 3.02. The van der Waals surface area contributed by atoms with Gasteiger partial charge in [-0.15, -0.1) is 0 Å². The van der Waals surface area contributed by atoms with Gasteiger partial charge < -0.3 is 14.4 Å². The Balaban J connectivity index is 2.14. The van der Waals surface area contributed by atoms with E-state index in [4.69, 9.17) is 9.47 Å². The Hall–Kier alpha value is -2.15. The van der Waals surface area contributed by atoms with Crippen molar-refractivity contribution in [1.82, 2.24) is 4.90 Å². The van der Waals surface area contributed by atoms with E-state index in [1.54, 1.807) is 4.90 Å². The molecule has 132 valence electrons. The summed E-state index contributed by atoms with van der Waals surface area (Å²) < 4.78 is 10.9. The van der Waals surface area contributed by atoms with E-state index < -0.39 is 4.92 Å². The summed E-state index contributed by atoms with van der Waals surface area (Å²) in [6.07, 6.45) is 3.61. The molecule has 0 bridgehead atoms. The number of nitro benzene ring substituents is 1. The Kier molecular flexibility index (Phi) is 6.54. The lowest BCUT2D eigenvalue weighted by atomic mass is 10.1. The van der Waals surface area contributed by atoms with Crippen LogP contribution in [0.1, 0.15) is 43.0 Å². The Morgan fingerprint density at radius 2 is 2.17 bits per heavy atom. The minimum atomic E-state index is -0.530. The average Bonchev–Trinajstić information content (AvgIpc) is 2.84. The molecule has 1 amide bonds. The number of ether oxygens (including phenoxy) is 2. The van der Waals surface area contributed by atoms with Gasteiger partial charge in [0.2, 0.25) is 0 Å². The normalized spacial score (nSPS) is 18.1. The fourth-order valence-corrected chi connectivity index (χ4v) is 2.86. The number of nitro groups is 1. The third-order valence-corrected chi connectivity index (χ3v) is 4.15. The molecule has 0 saturated carbocycles. The van der Waals surface area contributed by atoms with Crippen LogP contribution in [0.2, 0.25) is 0 Å². The van der Waals surface area contributed by atoms with Crippen molar-refractivity contribution in [2.45, 2.75) is 38.7 Å². The molecule has 0 N–H and O–H groups in total. The minimum absolute atomic E-state index is 0.0762. The molecule has 0 unspecified atom stereocenters. The van der Waals surface area contributed by atoms with Crippen molar-refractivity contribution in [3.05, 3.63) is 33.9 Å². The third-order valence-electron chi connectivity index (χ3n) is 4.15. The van der Waals surface area contributed by atoms with Crippen LogP contribution in [0.4, 0.5) is 5.69 Å². The minimum Gasteiger partial charge on any atom is -0.497 e. The molecule has 1 atom stereocenters. The van der Waals surface area contributed by atoms with Crippen LogP contribution >= 0.6 is 0 Å². The molecule has 7 heteroatoms. The Morgan fingerprint density at radius 1 is 1.38 bits per heavy atom. The molecule has 0 aromatic heterocycles. The monoisotopic (exact) mass is 336 g/mol. The first-order chi connectivity index (χ1) is 11.6. The smallest absolute Gasteiger partial charge is 0.282 e. The summed E-state index contributed by atoms with van der Waals surface area (Å²) in [4.78, 5) is 25.2. The third kappa shape index (κ3) is 4.44. The first-order valence-electron chi connectivity index (χ1n) is 8.30. The van der Waals surface area contributed by atoms with Gasteiger partial charge in [0.1, 0.15) is 11.3 Å². The average molecular weight is 336 g/mol. The summed E-state index contributed by atoms with van der Waals surface area (Å²) in [5.41, 5.74) is -0.115. The SMILES string of the molecule is CCCO[C@H]1CCCN(C(=O)c2cc(OC)ccc2[N+](=O)[O-])CC1. The summed E-state index contributed by atoms with van der Waals surface area (Å²) in [5, 5.41) is 11.2. The molecule has 0 spiro atoms. The van der Waals surface area contributed by atoms with Gasteiger partial charge in [-0.1, -0.05) is 6.92 Å². The van der Waals surface area contributed by atoms with E-state index in [2.05, 4.69) is 6.92 Å². The molecule has 1 aliphatic heterocycles. The van der Waals surface area contributed by atoms with Crippen molar-refractivity contribution in [3.8, 4) is 5.75 Å². The van der Waals surface area contributed by atoms with Gasteiger partial charge in [-0.25, -0.2) is 0 Å². The zero-order chi connectivity index (χ0) is 17.5. The second-order valence-corrected chi connectivity index (χ2v) is 5.86. The van der Waals surface area contributed by atoms with E-state index in [1.807, 2.05) is 0 Å². The molecule has 0 aliphatic carbocycles. The van der Waals surface area contributed by atoms with Crippen molar-refractivity contribution in [1.29, 1.82) is 0 Å². The number of methoxy groups -OCH3 is 1. The number of hydrogen-bond acceptors (Lipinski definition) is 5. The molecule has 1 fully saturated rings. The fraction of sp³-hybridized carbons (Fsp3) is 0.588. The fourth-order valence-electron chi connectivity index (χ4n) is 2.86. The van der Waals surface area contributed by atoms with E-state index in [1.165, 1.54) is 25.3 Å². The second-order valence-electron chi connectivity index (χ2n) is 5.86.